The molecule has 0 atom stereocenters. The van der Waals surface area contributed by atoms with Gasteiger partial charge in [0.2, 0.25) is 0 Å². The van der Waals surface area contributed by atoms with Crippen molar-refractivity contribution in [1.29, 1.82) is 0 Å². The lowest BCUT2D eigenvalue weighted by atomic mass is 10.0. The lowest BCUT2D eigenvalue weighted by Crippen LogP contribution is -2.16. The number of benzene rings is 3. The largest absolute Gasteiger partial charge is 0.426 e. The minimum atomic E-state index is -0.990. The zero-order chi connectivity index (χ0) is 21.1. The molecule has 148 valence electrons. The molecule has 0 aliphatic rings. The highest BCUT2D eigenvalue weighted by molar-refractivity contribution is 6.37. The van der Waals surface area contributed by atoms with E-state index in [9.17, 15) is 18.4 Å². The number of ether oxygens (including phenoxy) is 1. The van der Waals surface area contributed by atoms with Gasteiger partial charge in [0.05, 0.1) is 10.0 Å². The Bertz CT molecular complexity index is 1100. The van der Waals surface area contributed by atoms with Crippen molar-refractivity contribution in [2.45, 2.75) is 6.92 Å². The van der Waals surface area contributed by atoms with Gasteiger partial charge in [0, 0.05) is 0 Å². The molecule has 3 aromatic rings. The predicted octanol–water partition coefficient (Wildman–Crippen LogP) is 6.03. The molecule has 0 saturated carbocycles. The van der Waals surface area contributed by atoms with Crippen molar-refractivity contribution in [2.24, 2.45) is 0 Å². The summed E-state index contributed by atoms with van der Waals surface area (Å²) in [6.07, 6.45) is 0. The normalized spacial score (nSPS) is 10.5. The summed E-state index contributed by atoms with van der Waals surface area (Å²) >= 11 is 11.9. The second kappa shape index (κ2) is 8.59. The summed E-state index contributed by atoms with van der Waals surface area (Å²) in [6, 6.07) is 12.0. The van der Waals surface area contributed by atoms with Crippen LogP contribution in [0.15, 0.2) is 48.5 Å². The molecular formula is C21H13Cl2F2NO3. The Morgan fingerprint density at radius 2 is 1.66 bits per heavy atom. The second-order valence-corrected chi connectivity index (χ2v) is 6.90. The minimum Gasteiger partial charge on any atom is -0.426 e. The molecule has 1 amide bonds. The fourth-order valence-electron chi connectivity index (χ4n) is 2.77. The summed E-state index contributed by atoms with van der Waals surface area (Å²) in [7, 11) is 0. The van der Waals surface area contributed by atoms with E-state index in [1.165, 1.54) is 12.1 Å². The van der Waals surface area contributed by atoms with Crippen molar-refractivity contribution < 1.29 is 23.1 Å². The maximum absolute atomic E-state index is 14.6. The molecule has 0 bridgehead atoms. The Morgan fingerprint density at radius 3 is 2.28 bits per heavy atom. The van der Waals surface area contributed by atoms with E-state index in [-0.39, 0.29) is 27.8 Å². The van der Waals surface area contributed by atoms with Crippen LogP contribution in [0.5, 0.6) is 5.75 Å². The first-order valence-electron chi connectivity index (χ1n) is 8.27. The van der Waals surface area contributed by atoms with E-state index in [2.05, 4.69) is 5.32 Å². The second-order valence-electron chi connectivity index (χ2n) is 6.09. The number of hydrogen-bond donors (Lipinski definition) is 1. The SMILES string of the molecule is Cc1cccc(-c2cc(F)c(NC(=O)c3c(Cl)ccc(Cl)c3OC=O)c(F)c2)c1. The summed E-state index contributed by atoms with van der Waals surface area (Å²) < 4.78 is 33.9. The highest BCUT2D eigenvalue weighted by Gasteiger charge is 2.23. The first-order chi connectivity index (χ1) is 13.8. The average Bonchev–Trinajstić information content (AvgIpc) is 2.67. The van der Waals surface area contributed by atoms with Gasteiger partial charge in [0.1, 0.15) is 22.9 Å². The monoisotopic (exact) mass is 435 g/mol. The zero-order valence-corrected chi connectivity index (χ0v) is 16.4. The lowest BCUT2D eigenvalue weighted by Gasteiger charge is -2.13. The van der Waals surface area contributed by atoms with Crippen molar-refractivity contribution in [1.82, 2.24) is 0 Å². The van der Waals surface area contributed by atoms with Crippen LogP contribution in [0.1, 0.15) is 15.9 Å². The fraction of sp³-hybridized carbons (Fsp3) is 0.0476. The molecule has 0 saturated heterocycles. The molecule has 0 spiro atoms. The van der Waals surface area contributed by atoms with Crippen molar-refractivity contribution in [3.63, 3.8) is 0 Å². The Morgan fingerprint density at radius 1 is 1.00 bits per heavy atom. The Hall–Kier alpha value is -2.96. The van der Waals surface area contributed by atoms with E-state index in [0.717, 1.165) is 17.7 Å². The lowest BCUT2D eigenvalue weighted by molar-refractivity contribution is -0.120. The number of anilines is 1. The Kier molecular flexibility index (Phi) is 6.15. The van der Waals surface area contributed by atoms with Crippen molar-refractivity contribution >= 4 is 41.3 Å². The molecule has 3 aromatic carbocycles. The first kappa shape index (κ1) is 20.8. The molecule has 3 rings (SSSR count). The number of rotatable bonds is 5. The molecule has 0 fully saturated rings. The van der Waals surface area contributed by atoms with Crippen molar-refractivity contribution in [3.8, 4) is 16.9 Å². The Labute approximate surface area is 175 Å². The fourth-order valence-corrected chi connectivity index (χ4v) is 3.20. The maximum Gasteiger partial charge on any atom is 0.298 e. The molecule has 8 heteroatoms. The number of hydrogen-bond acceptors (Lipinski definition) is 3. The smallest absolute Gasteiger partial charge is 0.298 e. The van der Waals surface area contributed by atoms with E-state index in [1.807, 2.05) is 13.0 Å². The van der Waals surface area contributed by atoms with Gasteiger partial charge in [-0.1, -0.05) is 53.0 Å². The van der Waals surface area contributed by atoms with Crippen molar-refractivity contribution in [2.75, 3.05) is 5.32 Å². The van der Waals surface area contributed by atoms with Gasteiger partial charge in [-0.25, -0.2) is 8.78 Å². The molecule has 0 radical (unpaired) electrons. The minimum absolute atomic E-state index is 0.0616. The van der Waals surface area contributed by atoms with Crippen LogP contribution >= 0.6 is 23.2 Å². The number of carbonyl (C=O) groups is 2. The highest BCUT2D eigenvalue weighted by Crippen LogP contribution is 2.35. The van der Waals surface area contributed by atoms with Crippen molar-refractivity contribution in [3.05, 3.63) is 81.3 Å². The predicted molar refractivity (Wildman–Crippen MR) is 108 cm³/mol. The van der Waals surface area contributed by atoms with Gasteiger partial charge in [-0.2, -0.15) is 0 Å². The third kappa shape index (κ3) is 4.39. The first-order valence-corrected chi connectivity index (χ1v) is 9.03. The van der Waals surface area contributed by atoms with E-state index in [0.29, 0.717) is 11.1 Å². The van der Waals surface area contributed by atoms with Crippen LogP contribution in [0.4, 0.5) is 14.5 Å². The third-order valence-electron chi connectivity index (χ3n) is 4.08. The standard InChI is InChI=1S/C21H13Cl2F2NO3/c1-11-3-2-4-12(7-11)13-8-16(24)19(17(25)9-13)26-21(28)18-14(22)5-6-15(23)20(18)29-10-27/h2-10H,1H3,(H,26,28). The quantitative estimate of drug-likeness (QED) is 0.497. The van der Waals surface area contributed by atoms with E-state index in [4.69, 9.17) is 27.9 Å². The molecule has 0 aliphatic heterocycles. The summed E-state index contributed by atoms with van der Waals surface area (Å²) in [5, 5.41) is 1.95. The summed E-state index contributed by atoms with van der Waals surface area (Å²) in [4.78, 5) is 23.3. The van der Waals surface area contributed by atoms with E-state index >= 15 is 0 Å². The van der Waals surface area contributed by atoms with Crippen LogP contribution in [-0.4, -0.2) is 12.4 Å². The number of aryl methyl sites for hydroxylation is 1. The maximum atomic E-state index is 14.6. The van der Waals surface area contributed by atoms with Gasteiger partial charge in [0.25, 0.3) is 12.4 Å². The zero-order valence-electron chi connectivity index (χ0n) is 14.9. The molecule has 0 aromatic heterocycles. The topological polar surface area (TPSA) is 55.4 Å². The molecular weight excluding hydrogens is 423 g/mol. The number of amides is 1. The number of nitrogens with one attached hydrogen (secondary N) is 1. The summed E-state index contributed by atoms with van der Waals surface area (Å²) in [5.74, 6) is -3.27. The van der Waals surface area contributed by atoms with Crippen LogP contribution in [0, 0.1) is 18.6 Å². The van der Waals surface area contributed by atoms with E-state index < -0.39 is 23.2 Å². The molecule has 0 heterocycles. The molecule has 1 N–H and O–H groups in total. The van der Waals surface area contributed by atoms with Gasteiger partial charge >= 0.3 is 0 Å². The average molecular weight is 436 g/mol. The summed E-state index contributed by atoms with van der Waals surface area (Å²) in [5.41, 5.74) is 0.874. The number of carbonyl (C=O) groups excluding carboxylic acids is 2. The van der Waals surface area contributed by atoms with Gasteiger partial charge in [-0.3, -0.25) is 9.59 Å². The van der Waals surface area contributed by atoms with Crippen LogP contribution in [0.25, 0.3) is 11.1 Å². The van der Waals surface area contributed by atoms with Gasteiger partial charge < -0.3 is 10.1 Å². The molecule has 4 nitrogen and oxygen atoms in total. The number of halogens is 4. The van der Waals surface area contributed by atoms with E-state index in [1.54, 1.807) is 18.2 Å². The van der Waals surface area contributed by atoms with Crippen LogP contribution in [0.3, 0.4) is 0 Å². The summed E-state index contributed by atoms with van der Waals surface area (Å²) in [6.45, 7) is 1.92. The molecule has 29 heavy (non-hydrogen) atoms. The van der Waals surface area contributed by atoms with Crippen LogP contribution in [-0.2, 0) is 4.79 Å². The highest BCUT2D eigenvalue weighted by atomic mass is 35.5. The molecule has 0 unspecified atom stereocenters. The third-order valence-corrected chi connectivity index (χ3v) is 4.70. The van der Waals surface area contributed by atoms with Crippen LogP contribution < -0.4 is 10.1 Å². The van der Waals surface area contributed by atoms with Crippen LogP contribution in [0.2, 0.25) is 10.0 Å². The molecule has 0 aliphatic carbocycles. The van der Waals surface area contributed by atoms with Gasteiger partial charge in [0.15, 0.2) is 5.75 Å². The van der Waals surface area contributed by atoms with Gasteiger partial charge in [-0.05, 0) is 42.3 Å². The Balaban J connectivity index is 1.98. The van der Waals surface area contributed by atoms with Gasteiger partial charge in [-0.15, -0.1) is 0 Å².